The predicted octanol–water partition coefficient (Wildman–Crippen LogP) is 7.85. The Morgan fingerprint density at radius 3 is 2.41 bits per heavy atom. The van der Waals surface area contributed by atoms with Gasteiger partial charge in [0.2, 0.25) is 5.91 Å². The van der Waals surface area contributed by atoms with Crippen LogP contribution in [0.4, 0.5) is 10.5 Å². The van der Waals surface area contributed by atoms with Gasteiger partial charge < -0.3 is 38.6 Å². The van der Waals surface area contributed by atoms with Gasteiger partial charge in [-0.2, -0.15) is 0 Å². The standard InChI is InChI=1S/C41H56N2O8/c1-29(2)36(28-46-6)39(44)42-33-14-10-12-30(24-33)26-50-38-25-43(40(45)51-41(3,4)5)21-20-35(38)31-16-18-34(19-17-31)49-23-11-22-48-27-32-13-8-9-15-37(32)47-7/h8-10,12-19,24,29,35-36,38H,11,20-23,25-28H2,1-7H3,(H,42,44). The first-order valence-corrected chi connectivity index (χ1v) is 17.9. The molecule has 10 heteroatoms. The number of likely N-dealkylation sites (tertiary alicyclic amines) is 1. The monoisotopic (exact) mass is 704 g/mol. The van der Waals surface area contributed by atoms with Gasteiger partial charge >= 0.3 is 6.09 Å². The van der Waals surface area contributed by atoms with Crippen LogP contribution in [0.1, 0.15) is 70.1 Å². The van der Waals surface area contributed by atoms with E-state index in [1.165, 1.54) is 0 Å². The summed E-state index contributed by atoms with van der Waals surface area (Å²) in [6.45, 7) is 12.9. The molecule has 3 unspecified atom stereocenters. The van der Waals surface area contributed by atoms with Crippen LogP contribution >= 0.6 is 0 Å². The molecule has 1 aliphatic rings. The molecule has 1 N–H and O–H groups in total. The highest BCUT2D eigenvalue weighted by molar-refractivity contribution is 5.92. The number of para-hydroxylation sites is 1. The first-order valence-electron chi connectivity index (χ1n) is 17.9. The van der Waals surface area contributed by atoms with Gasteiger partial charge in [0, 0.05) is 37.2 Å². The first kappa shape index (κ1) is 39.7. The van der Waals surface area contributed by atoms with Crippen molar-refractivity contribution in [3.05, 3.63) is 89.5 Å². The number of carbonyl (C=O) groups is 2. The van der Waals surface area contributed by atoms with E-state index in [9.17, 15) is 9.59 Å². The van der Waals surface area contributed by atoms with Crippen molar-refractivity contribution in [2.24, 2.45) is 11.8 Å². The minimum absolute atomic E-state index is 0.0600. The molecule has 3 atom stereocenters. The molecule has 278 valence electrons. The third-order valence-electron chi connectivity index (χ3n) is 8.82. The van der Waals surface area contributed by atoms with Crippen LogP contribution in [0.2, 0.25) is 0 Å². The Balaban J connectivity index is 1.36. The summed E-state index contributed by atoms with van der Waals surface area (Å²) in [5.41, 5.74) is 3.17. The van der Waals surface area contributed by atoms with Gasteiger partial charge in [0.15, 0.2) is 0 Å². The van der Waals surface area contributed by atoms with Gasteiger partial charge in [-0.1, -0.05) is 56.3 Å². The third-order valence-corrected chi connectivity index (χ3v) is 8.82. The number of hydrogen-bond donors (Lipinski definition) is 1. The molecular weight excluding hydrogens is 648 g/mol. The Morgan fingerprint density at radius 1 is 0.941 bits per heavy atom. The van der Waals surface area contributed by atoms with Gasteiger partial charge in [0.25, 0.3) is 0 Å². The second kappa shape index (κ2) is 19.5. The molecule has 0 bridgehead atoms. The summed E-state index contributed by atoms with van der Waals surface area (Å²) >= 11 is 0. The van der Waals surface area contributed by atoms with Crippen LogP contribution in [-0.4, -0.2) is 75.7 Å². The van der Waals surface area contributed by atoms with Crippen molar-refractivity contribution in [1.29, 1.82) is 0 Å². The second-order valence-corrected chi connectivity index (χ2v) is 14.3. The maximum Gasteiger partial charge on any atom is 0.410 e. The minimum Gasteiger partial charge on any atom is -0.496 e. The molecule has 1 saturated heterocycles. The molecule has 1 aliphatic heterocycles. The number of piperidine rings is 1. The number of carbonyl (C=O) groups excluding carboxylic acids is 2. The molecule has 1 fully saturated rings. The molecule has 3 aromatic rings. The molecule has 0 aromatic heterocycles. The molecule has 4 rings (SSSR count). The first-order chi connectivity index (χ1) is 24.5. The van der Waals surface area contributed by atoms with Crippen LogP contribution in [0, 0.1) is 11.8 Å². The Bertz CT molecular complexity index is 1520. The molecule has 3 aromatic carbocycles. The summed E-state index contributed by atoms with van der Waals surface area (Å²) in [5.74, 6) is 1.49. The zero-order valence-corrected chi connectivity index (χ0v) is 31.3. The fourth-order valence-electron chi connectivity index (χ4n) is 6.05. The van der Waals surface area contributed by atoms with Crippen molar-refractivity contribution in [2.75, 3.05) is 52.4 Å². The van der Waals surface area contributed by atoms with E-state index < -0.39 is 5.60 Å². The van der Waals surface area contributed by atoms with Crippen LogP contribution in [0.5, 0.6) is 11.5 Å². The normalized spacial score (nSPS) is 16.8. The molecule has 2 amide bonds. The average Bonchev–Trinajstić information content (AvgIpc) is 3.10. The number of anilines is 1. The molecule has 0 radical (unpaired) electrons. The topological polar surface area (TPSA) is 105 Å². The maximum absolute atomic E-state index is 13.1. The predicted molar refractivity (Wildman–Crippen MR) is 198 cm³/mol. The molecule has 0 aliphatic carbocycles. The summed E-state index contributed by atoms with van der Waals surface area (Å²) in [6, 6.07) is 23.7. The lowest BCUT2D eigenvalue weighted by Crippen LogP contribution is -2.48. The van der Waals surface area contributed by atoms with Crippen LogP contribution < -0.4 is 14.8 Å². The van der Waals surface area contributed by atoms with E-state index in [2.05, 4.69) is 17.4 Å². The van der Waals surface area contributed by atoms with E-state index in [0.29, 0.717) is 51.8 Å². The van der Waals surface area contributed by atoms with E-state index in [1.807, 2.05) is 95.3 Å². The minimum atomic E-state index is -0.593. The lowest BCUT2D eigenvalue weighted by Gasteiger charge is -2.39. The Morgan fingerprint density at radius 2 is 1.71 bits per heavy atom. The zero-order valence-electron chi connectivity index (χ0n) is 31.3. The van der Waals surface area contributed by atoms with Crippen molar-refractivity contribution in [2.45, 2.75) is 78.3 Å². The Hall–Kier alpha value is -4.12. The van der Waals surface area contributed by atoms with Crippen LogP contribution in [0.15, 0.2) is 72.8 Å². The van der Waals surface area contributed by atoms with Gasteiger partial charge in [-0.15, -0.1) is 0 Å². The lowest BCUT2D eigenvalue weighted by atomic mass is 9.87. The largest absolute Gasteiger partial charge is 0.496 e. The fraction of sp³-hybridized carbons (Fsp3) is 0.512. The quantitative estimate of drug-likeness (QED) is 0.142. The smallest absolute Gasteiger partial charge is 0.410 e. The second-order valence-electron chi connectivity index (χ2n) is 14.3. The van der Waals surface area contributed by atoms with Gasteiger partial charge in [0.05, 0.1) is 58.7 Å². The number of ether oxygens (including phenoxy) is 6. The molecule has 10 nitrogen and oxygen atoms in total. The SMILES string of the molecule is COCC(C(=O)Nc1cccc(COC2CN(C(=O)OC(C)(C)C)CCC2c2ccc(OCCCOCc3ccccc3OC)cc2)c1)C(C)C. The Kier molecular flexibility index (Phi) is 15.1. The van der Waals surface area contributed by atoms with Gasteiger partial charge in [-0.3, -0.25) is 4.79 Å². The van der Waals surface area contributed by atoms with Crippen molar-refractivity contribution < 1.29 is 38.0 Å². The van der Waals surface area contributed by atoms with Gasteiger partial charge in [-0.05, 0) is 74.6 Å². The summed E-state index contributed by atoms with van der Waals surface area (Å²) in [6.07, 6.45) is 0.862. The summed E-state index contributed by atoms with van der Waals surface area (Å²) in [4.78, 5) is 27.7. The highest BCUT2D eigenvalue weighted by atomic mass is 16.6. The number of hydrogen-bond acceptors (Lipinski definition) is 8. The van der Waals surface area contributed by atoms with Crippen molar-refractivity contribution >= 4 is 17.7 Å². The third kappa shape index (κ3) is 12.6. The van der Waals surface area contributed by atoms with E-state index in [0.717, 1.165) is 41.0 Å². The maximum atomic E-state index is 13.1. The fourth-order valence-corrected chi connectivity index (χ4v) is 6.05. The zero-order chi connectivity index (χ0) is 36.8. The molecule has 1 heterocycles. The van der Waals surface area contributed by atoms with Crippen LogP contribution in [0.3, 0.4) is 0 Å². The molecular formula is C41H56N2O8. The van der Waals surface area contributed by atoms with Crippen molar-refractivity contribution in [3.8, 4) is 11.5 Å². The number of nitrogens with zero attached hydrogens (tertiary/aromatic N) is 1. The Labute approximate surface area is 303 Å². The van der Waals surface area contributed by atoms with E-state index in [-0.39, 0.29) is 35.9 Å². The van der Waals surface area contributed by atoms with Crippen molar-refractivity contribution in [1.82, 2.24) is 4.90 Å². The number of benzene rings is 3. The van der Waals surface area contributed by atoms with Gasteiger partial charge in [0.1, 0.15) is 17.1 Å². The molecule has 51 heavy (non-hydrogen) atoms. The van der Waals surface area contributed by atoms with E-state index in [4.69, 9.17) is 28.4 Å². The summed E-state index contributed by atoms with van der Waals surface area (Å²) < 4.78 is 34.8. The average molecular weight is 705 g/mol. The summed E-state index contributed by atoms with van der Waals surface area (Å²) in [7, 11) is 3.27. The highest BCUT2D eigenvalue weighted by Crippen LogP contribution is 2.33. The number of amides is 2. The molecule has 0 saturated carbocycles. The lowest BCUT2D eigenvalue weighted by molar-refractivity contribution is -0.122. The number of nitrogens with one attached hydrogen (secondary N) is 1. The van der Waals surface area contributed by atoms with Crippen LogP contribution in [-0.2, 0) is 37.0 Å². The van der Waals surface area contributed by atoms with Crippen LogP contribution in [0.25, 0.3) is 0 Å². The number of rotatable bonds is 17. The molecule has 0 spiro atoms. The highest BCUT2D eigenvalue weighted by Gasteiger charge is 2.35. The van der Waals surface area contributed by atoms with Crippen molar-refractivity contribution in [3.63, 3.8) is 0 Å². The van der Waals surface area contributed by atoms with E-state index >= 15 is 0 Å². The summed E-state index contributed by atoms with van der Waals surface area (Å²) in [5, 5.41) is 3.04. The van der Waals surface area contributed by atoms with E-state index in [1.54, 1.807) is 19.1 Å². The number of methoxy groups -OCH3 is 2. The van der Waals surface area contributed by atoms with Gasteiger partial charge in [-0.25, -0.2) is 4.79 Å².